The SMILES string of the molecule is CCCCCCCCS(=O)(=O)Nc1ccc(C(=O)c2ccccc2OC)cc1C(=O)O. The van der Waals surface area contributed by atoms with Crippen molar-refractivity contribution in [2.24, 2.45) is 0 Å². The smallest absolute Gasteiger partial charge is 0.337 e. The molecule has 0 radical (unpaired) electrons. The molecule has 0 spiro atoms. The maximum atomic E-state index is 12.8. The highest BCUT2D eigenvalue weighted by Crippen LogP contribution is 2.25. The number of unbranched alkanes of at least 4 members (excludes halogenated alkanes) is 5. The Morgan fingerprint density at radius 1 is 0.968 bits per heavy atom. The quantitative estimate of drug-likeness (QED) is 0.339. The van der Waals surface area contributed by atoms with Gasteiger partial charge in [-0.2, -0.15) is 0 Å². The molecule has 0 aliphatic carbocycles. The maximum Gasteiger partial charge on any atom is 0.337 e. The number of carbonyl (C=O) groups excluding carboxylic acids is 1. The number of carbonyl (C=O) groups is 2. The highest BCUT2D eigenvalue weighted by molar-refractivity contribution is 7.92. The Balaban J connectivity index is 2.17. The molecule has 168 valence electrons. The third-order valence-electron chi connectivity index (χ3n) is 4.90. The van der Waals surface area contributed by atoms with Crippen molar-refractivity contribution in [1.29, 1.82) is 0 Å². The molecule has 31 heavy (non-hydrogen) atoms. The van der Waals surface area contributed by atoms with Crippen LogP contribution in [0.5, 0.6) is 5.75 Å². The fourth-order valence-corrected chi connectivity index (χ4v) is 4.43. The molecule has 0 aromatic heterocycles. The average molecular weight is 448 g/mol. The fourth-order valence-electron chi connectivity index (χ4n) is 3.23. The highest BCUT2D eigenvalue weighted by Gasteiger charge is 2.20. The molecule has 0 amide bonds. The predicted molar refractivity (Wildman–Crippen MR) is 121 cm³/mol. The van der Waals surface area contributed by atoms with Gasteiger partial charge in [0.15, 0.2) is 5.78 Å². The van der Waals surface area contributed by atoms with Crippen LogP contribution in [0.4, 0.5) is 5.69 Å². The van der Waals surface area contributed by atoms with Gasteiger partial charge >= 0.3 is 5.97 Å². The summed E-state index contributed by atoms with van der Waals surface area (Å²) in [5.41, 5.74) is 0.0702. The van der Waals surface area contributed by atoms with Gasteiger partial charge in [-0.25, -0.2) is 13.2 Å². The minimum atomic E-state index is -3.70. The van der Waals surface area contributed by atoms with Gasteiger partial charge in [-0.3, -0.25) is 9.52 Å². The topological polar surface area (TPSA) is 110 Å². The lowest BCUT2D eigenvalue weighted by Crippen LogP contribution is -2.19. The maximum absolute atomic E-state index is 12.8. The minimum absolute atomic E-state index is 0.0601. The van der Waals surface area contributed by atoms with E-state index in [9.17, 15) is 23.1 Å². The third-order valence-corrected chi connectivity index (χ3v) is 6.25. The number of methoxy groups -OCH3 is 1. The molecule has 0 heterocycles. The van der Waals surface area contributed by atoms with Crippen molar-refractivity contribution >= 4 is 27.5 Å². The Hall–Kier alpha value is -2.87. The van der Waals surface area contributed by atoms with Crippen molar-refractivity contribution in [1.82, 2.24) is 0 Å². The number of aromatic carboxylic acids is 1. The van der Waals surface area contributed by atoms with Crippen LogP contribution in [0.25, 0.3) is 0 Å². The Bertz CT molecular complexity index is 1020. The van der Waals surface area contributed by atoms with Crippen LogP contribution in [-0.2, 0) is 10.0 Å². The molecule has 0 fully saturated rings. The molecule has 7 nitrogen and oxygen atoms in total. The first-order valence-electron chi connectivity index (χ1n) is 10.3. The number of ether oxygens (including phenoxy) is 1. The van der Waals surface area contributed by atoms with Gasteiger partial charge in [-0.05, 0) is 36.8 Å². The summed E-state index contributed by atoms with van der Waals surface area (Å²) in [7, 11) is -2.26. The zero-order chi connectivity index (χ0) is 22.9. The number of hydrogen-bond acceptors (Lipinski definition) is 5. The molecule has 0 saturated heterocycles. The second-order valence-corrected chi connectivity index (χ2v) is 9.13. The first-order chi connectivity index (χ1) is 14.8. The Morgan fingerprint density at radius 2 is 1.65 bits per heavy atom. The van der Waals surface area contributed by atoms with Gasteiger partial charge in [-0.15, -0.1) is 0 Å². The second-order valence-electron chi connectivity index (χ2n) is 7.28. The largest absolute Gasteiger partial charge is 0.496 e. The molecule has 0 aliphatic heterocycles. The number of hydrogen-bond donors (Lipinski definition) is 2. The van der Waals surface area contributed by atoms with Gasteiger partial charge in [0.05, 0.1) is 29.7 Å². The van der Waals surface area contributed by atoms with Gasteiger partial charge in [0.1, 0.15) is 5.75 Å². The lowest BCUT2D eigenvalue weighted by Gasteiger charge is -2.13. The number of para-hydroxylation sites is 1. The predicted octanol–water partition coefficient (Wildman–Crippen LogP) is 4.73. The van der Waals surface area contributed by atoms with Crippen LogP contribution < -0.4 is 9.46 Å². The van der Waals surface area contributed by atoms with E-state index in [0.29, 0.717) is 12.2 Å². The fraction of sp³-hybridized carbons (Fsp3) is 0.391. The summed E-state index contributed by atoms with van der Waals surface area (Å²) in [6.07, 6.45) is 5.61. The van der Waals surface area contributed by atoms with Crippen LogP contribution in [-0.4, -0.2) is 38.1 Å². The van der Waals surface area contributed by atoms with Crippen molar-refractivity contribution in [3.05, 3.63) is 59.2 Å². The van der Waals surface area contributed by atoms with Gasteiger partial charge in [0, 0.05) is 5.56 Å². The van der Waals surface area contributed by atoms with Gasteiger partial charge in [-0.1, -0.05) is 51.2 Å². The number of benzene rings is 2. The molecule has 8 heteroatoms. The van der Waals surface area contributed by atoms with Crippen molar-refractivity contribution < 1.29 is 27.9 Å². The average Bonchev–Trinajstić information content (AvgIpc) is 2.75. The molecular formula is C23H29NO6S. The van der Waals surface area contributed by atoms with Crippen molar-refractivity contribution in [3.63, 3.8) is 0 Å². The van der Waals surface area contributed by atoms with E-state index >= 15 is 0 Å². The zero-order valence-electron chi connectivity index (χ0n) is 17.9. The van der Waals surface area contributed by atoms with E-state index in [0.717, 1.165) is 32.1 Å². The van der Waals surface area contributed by atoms with Gasteiger partial charge < -0.3 is 9.84 Å². The summed E-state index contributed by atoms with van der Waals surface area (Å²) in [6, 6.07) is 10.5. The monoisotopic (exact) mass is 447 g/mol. The van der Waals surface area contributed by atoms with Crippen LogP contribution in [0.3, 0.4) is 0 Å². The van der Waals surface area contributed by atoms with E-state index in [1.54, 1.807) is 24.3 Å². The normalized spacial score (nSPS) is 11.2. The molecule has 2 aromatic rings. The zero-order valence-corrected chi connectivity index (χ0v) is 18.7. The molecule has 0 unspecified atom stereocenters. The Labute approximate surface area is 183 Å². The number of sulfonamides is 1. The molecule has 0 bridgehead atoms. The standard InChI is InChI=1S/C23H29NO6S/c1-3-4-5-6-7-10-15-31(28,29)24-20-14-13-17(16-19(20)23(26)27)22(25)18-11-8-9-12-21(18)30-2/h8-9,11-14,16,24H,3-7,10,15H2,1-2H3,(H,26,27). The second kappa shape index (κ2) is 11.5. The molecule has 2 aromatic carbocycles. The van der Waals surface area contributed by atoms with E-state index in [2.05, 4.69) is 11.6 Å². The summed E-state index contributed by atoms with van der Waals surface area (Å²) in [5.74, 6) is -1.46. The summed E-state index contributed by atoms with van der Waals surface area (Å²) in [6.45, 7) is 2.11. The summed E-state index contributed by atoms with van der Waals surface area (Å²) in [4.78, 5) is 24.6. The highest BCUT2D eigenvalue weighted by atomic mass is 32.2. The van der Waals surface area contributed by atoms with E-state index < -0.39 is 21.8 Å². The summed E-state index contributed by atoms with van der Waals surface area (Å²) < 4.78 is 32.3. The third kappa shape index (κ3) is 7.10. The molecule has 0 aliphatic rings. The van der Waals surface area contributed by atoms with Crippen LogP contribution in [0.2, 0.25) is 0 Å². The molecule has 0 atom stereocenters. The molecule has 2 N–H and O–H groups in total. The number of anilines is 1. The first-order valence-corrected chi connectivity index (χ1v) is 12.0. The summed E-state index contributed by atoms with van der Waals surface area (Å²) in [5, 5.41) is 9.57. The lowest BCUT2D eigenvalue weighted by atomic mass is 9.99. The number of ketones is 1. The number of rotatable bonds is 13. The molecular weight excluding hydrogens is 418 g/mol. The number of carboxylic acid groups (broad SMARTS) is 1. The van der Waals surface area contributed by atoms with Crippen molar-refractivity contribution in [2.75, 3.05) is 17.6 Å². The van der Waals surface area contributed by atoms with Crippen LogP contribution in [0.1, 0.15) is 71.7 Å². The molecule has 0 saturated carbocycles. The van der Waals surface area contributed by atoms with E-state index in [1.165, 1.54) is 25.3 Å². The Kier molecular flexibility index (Phi) is 9.05. The lowest BCUT2D eigenvalue weighted by molar-refractivity contribution is 0.0698. The van der Waals surface area contributed by atoms with E-state index in [1.807, 2.05) is 0 Å². The van der Waals surface area contributed by atoms with E-state index in [-0.39, 0.29) is 28.1 Å². The number of nitrogens with one attached hydrogen (secondary N) is 1. The number of carboxylic acids is 1. The van der Waals surface area contributed by atoms with Crippen LogP contribution >= 0.6 is 0 Å². The van der Waals surface area contributed by atoms with Crippen LogP contribution in [0.15, 0.2) is 42.5 Å². The summed E-state index contributed by atoms with van der Waals surface area (Å²) >= 11 is 0. The van der Waals surface area contributed by atoms with Gasteiger partial charge in [0.2, 0.25) is 10.0 Å². The Morgan fingerprint density at radius 3 is 2.32 bits per heavy atom. The van der Waals surface area contributed by atoms with E-state index in [4.69, 9.17) is 4.74 Å². The van der Waals surface area contributed by atoms with Gasteiger partial charge in [0.25, 0.3) is 0 Å². The van der Waals surface area contributed by atoms with Crippen molar-refractivity contribution in [3.8, 4) is 5.75 Å². The first kappa shape index (κ1) is 24.4. The van der Waals surface area contributed by atoms with Crippen LogP contribution in [0, 0.1) is 0 Å². The minimum Gasteiger partial charge on any atom is -0.496 e. The molecule has 2 rings (SSSR count). The van der Waals surface area contributed by atoms with Crippen molar-refractivity contribution in [2.45, 2.75) is 45.4 Å².